The summed E-state index contributed by atoms with van der Waals surface area (Å²) in [6, 6.07) is 24.0. The Hall–Kier alpha value is -2.78. The summed E-state index contributed by atoms with van der Waals surface area (Å²) in [5, 5.41) is 2.76. The van der Waals surface area contributed by atoms with Crippen molar-refractivity contribution in [3.63, 3.8) is 0 Å². The number of fused-ring (bicyclic) bond motifs is 3. The van der Waals surface area contributed by atoms with Gasteiger partial charge in [0.25, 0.3) is 0 Å². The molecule has 0 fully saturated rings. The van der Waals surface area contributed by atoms with Crippen molar-refractivity contribution < 1.29 is 9.53 Å². The number of ether oxygens (including phenoxy) is 1. The van der Waals surface area contributed by atoms with Gasteiger partial charge in [-0.25, -0.2) is 4.79 Å². The first-order chi connectivity index (χ1) is 12.8. The fourth-order valence-corrected chi connectivity index (χ4v) is 3.61. The van der Waals surface area contributed by atoms with Gasteiger partial charge in [-0.3, -0.25) is 5.32 Å². The Kier molecular flexibility index (Phi) is 4.63. The van der Waals surface area contributed by atoms with Crippen LogP contribution in [0.5, 0.6) is 0 Å². The quantitative estimate of drug-likeness (QED) is 0.596. The minimum atomic E-state index is -0.453. The van der Waals surface area contributed by atoms with Crippen LogP contribution in [0.25, 0.3) is 11.1 Å². The van der Waals surface area contributed by atoms with Crippen LogP contribution in [0.15, 0.2) is 72.8 Å². The average molecular weight is 364 g/mol. The van der Waals surface area contributed by atoms with E-state index in [0.717, 1.165) is 5.56 Å². The minimum absolute atomic E-state index is 0.0618. The molecule has 4 rings (SSSR count). The maximum absolute atomic E-state index is 12.2. The molecule has 1 N–H and O–H groups in total. The third-order valence-corrected chi connectivity index (χ3v) is 5.01. The highest BCUT2D eigenvalue weighted by Crippen LogP contribution is 2.44. The molecular weight excluding hydrogens is 346 g/mol. The highest BCUT2D eigenvalue weighted by atomic mass is 35.5. The van der Waals surface area contributed by atoms with Crippen molar-refractivity contribution >= 4 is 23.4 Å². The lowest BCUT2D eigenvalue weighted by Gasteiger charge is -2.14. The summed E-state index contributed by atoms with van der Waals surface area (Å²) in [5.41, 5.74) is 6.53. The maximum atomic E-state index is 12.2. The van der Waals surface area contributed by atoms with Crippen LogP contribution in [-0.2, 0) is 10.6 Å². The largest absolute Gasteiger partial charge is 0.448 e. The van der Waals surface area contributed by atoms with Crippen LogP contribution in [0.1, 0.15) is 22.6 Å². The second-order valence-electron chi connectivity index (χ2n) is 6.28. The molecular formula is C22H18ClNO2. The topological polar surface area (TPSA) is 38.3 Å². The second-order valence-corrected chi connectivity index (χ2v) is 6.55. The Labute approximate surface area is 157 Å². The van der Waals surface area contributed by atoms with Gasteiger partial charge in [-0.1, -0.05) is 60.7 Å². The van der Waals surface area contributed by atoms with Gasteiger partial charge < -0.3 is 4.74 Å². The molecule has 1 aliphatic carbocycles. The molecule has 4 heteroatoms. The van der Waals surface area contributed by atoms with Gasteiger partial charge in [0.05, 0.1) is 0 Å². The molecule has 3 aromatic rings. The number of rotatable bonds is 4. The molecule has 0 saturated carbocycles. The first-order valence-electron chi connectivity index (χ1n) is 8.53. The van der Waals surface area contributed by atoms with Crippen molar-refractivity contribution in [2.75, 3.05) is 11.9 Å². The Bertz CT molecular complexity index is 891. The van der Waals surface area contributed by atoms with Crippen LogP contribution >= 0.6 is 11.6 Å². The average Bonchev–Trinajstić information content (AvgIpc) is 3.01. The zero-order chi connectivity index (χ0) is 17.9. The molecule has 3 nitrogen and oxygen atoms in total. The van der Waals surface area contributed by atoms with E-state index in [-0.39, 0.29) is 5.92 Å². The van der Waals surface area contributed by atoms with E-state index in [1.807, 2.05) is 48.5 Å². The van der Waals surface area contributed by atoms with Crippen molar-refractivity contribution in [1.82, 2.24) is 0 Å². The van der Waals surface area contributed by atoms with Gasteiger partial charge in [-0.05, 0) is 39.9 Å². The van der Waals surface area contributed by atoms with Crippen molar-refractivity contribution in [1.29, 1.82) is 0 Å². The number of benzene rings is 3. The Balaban J connectivity index is 1.46. The molecule has 0 bridgehead atoms. The Morgan fingerprint density at radius 2 is 1.46 bits per heavy atom. The fraction of sp³-hybridized carbons (Fsp3) is 0.136. The van der Waals surface area contributed by atoms with E-state index in [0.29, 0.717) is 18.2 Å². The Morgan fingerprint density at radius 3 is 2.04 bits per heavy atom. The molecule has 0 atom stereocenters. The third kappa shape index (κ3) is 3.18. The van der Waals surface area contributed by atoms with E-state index < -0.39 is 6.09 Å². The van der Waals surface area contributed by atoms with Crippen LogP contribution in [0.3, 0.4) is 0 Å². The molecule has 130 valence electrons. The van der Waals surface area contributed by atoms with Crippen LogP contribution < -0.4 is 5.32 Å². The molecule has 0 aromatic heterocycles. The van der Waals surface area contributed by atoms with E-state index in [1.165, 1.54) is 22.3 Å². The van der Waals surface area contributed by atoms with Crippen molar-refractivity contribution in [2.45, 2.75) is 11.8 Å². The van der Waals surface area contributed by atoms with Crippen molar-refractivity contribution in [3.8, 4) is 11.1 Å². The summed E-state index contributed by atoms with van der Waals surface area (Å²) in [6.07, 6.45) is -0.453. The Morgan fingerprint density at radius 1 is 0.885 bits per heavy atom. The summed E-state index contributed by atoms with van der Waals surface area (Å²) in [6.45, 7) is 0.305. The van der Waals surface area contributed by atoms with E-state index in [1.54, 1.807) is 0 Å². The lowest BCUT2D eigenvalue weighted by Crippen LogP contribution is -2.17. The van der Waals surface area contributed by atoms with Crippen LogP contribution in [0.4, 0.5) is 10.5 Å². The molecule has 1 aliphatic rings. The molecule has 0 saturated heterocycles. The molecule has 0 radical (unpaired) electrons. The predicted octanol–water partition coefficient (Wildman–Crippen LogP) is 5.79. The van der Waals surface area contributed by atoms with Crippen molar-refractivity contribution in [2.24, 2.45) is 0 Å². The number of anilines is 1. The van der Waals surface area contributed by atoms with Crippen LogP contribution in [0, 0.1) is 0 Å². The van der Waals surface area contributed by atoms with Crippen molar-refractivity contribution in [3.05, 3.63) is 89.5 Å². The third-order valence-electron chi connectivity index (χ3n) is 4.70. The SMILES string of the molecule is O=C(Nc1ccc(CCl)cc1)OCC1c2ccccc2-c2ccccc21. The zero-order valence-electron chi connectivity index (χ0n) is 14.1. The lowest BCUT2D eigenvalue weighted by molar-refractivity contribution is 0.158. The van der Waals surface area contributed by atoms with Gasteiger partial charge in [0, 0.05) is 17.5 Å². The number of halogens is 1. The summed E-state index contributed by atoms with van der Waals surface area (Å²) >= 11 is 5.78. The summed E-state index contributed by atoms with van der Waals surface area (Å²) in [5.74, 6) is 0.511. The first kappa shape index (κ1) is 16.7. The van der Waals surface area contributed by atoms with Gasteiger partial charge in [-0.15, -0.1) is 11.6 Å². The van der Waals surface area contributed by atoms with Gasteiger partial charge >= 0.3 is 6.09 Å². The lowest BCUT2D eigenvalue weighted by atomic mass is 9.98. The second kappa shape index (κ2) is 7.22. The normalized spacial score (nSPS) is 12.3. The number of alkyl halides is 1. The van der Waals surface area contributed by atoms with Crippen LogP contribution in [-0.4, -0.2) is 12.7 Å². The molecule has 26 heavy (non-hydrogen) atoms. The zero-order valence-corrected chi connectivity index (χ0v) is 14.9. The number of amides is 1. The van der Waals surface area contributed by atoms with E-state index in [2.05, 4.69) is 29.6 Å². The first-order valence-corrected chi connectivity index (χ1v) is 9.06. The van der Waals surface area contributed by atoms with E-state index >= 15 is 0 Å². The van der Waals surface area contributed by atoms with Crippen LogP contribution in [0.2, 0.25) is 0 Å². The number of hydrogen-bond donors (Lipinski definition) is 1. The molecule has 3 aromatic carbocycles. The molecule has 1 amide bonds. The molecule has 0 unspecified atom stereocenters. The monoisotopic (exact) mass is 363 g/mol. The smallest absolute Gasteiger partial charge is 0.411 e. The molecule has 0 aliphatic heterocycles. The van der Waals surface area contributed by atoms with Gasteiger partial charge in [-0.2, -0.15) is 0 Å². The van der Waals surface area contributed by atoms with E-state index in [4.69, 9.17) is 16.3 Å². The number of hydrogen-bond acceptors (Lipinski definition) is 2. The number of carbonyl (C=O) groups is 1. The summed E-state index contributed by atoms with van der Waals surface area (Å²) < 4.78 is 5.52. The molecule has 0 heterocycles. The molecule has 0 spiro atoms. The maximum Gasteiger partial charge on any atom is 0.411 e. The summed E-state index contributed by atoms with van der Waals surface area (Å²) in [7, 11) is 0. The summed E-state index contributed by atoms with van der Waals surface area (Å²) in [4.78, 5) is 12.2. The fourth-order valence-electron chi connectivity index (χ4n) is 3.43. The predicted molar refractivity (Wildman–Crippen MR) is 105 cm³/mol. The van der Waals surface area contributed by atoms with Gasteiger partial charge in [0.1, 0.15) is 6.61 Å². The number of carbonyl (C=O) groups excluding carboxylic acids is 1. The van der Waals surface area contributed by atoms with Gasteiger partial charge in [0.15, 0.2) is 0 Å². The van der Waals surface area contributed by atoms with Gasteiger partial charge in [0.2, 0.25) is 0 Å². The standard InChI is InChI=1S/C22H18ClNO2/c23-13-15-9-11-16(12-10-15)24-22(25)26-14-21-19-7-3-1-5-17(19)18-6-2-4-8-20(18)21/h1-12,21H,13-14H2,(H,24,25). The minimum Gasteiger partial charge on any atom is -0.448 e. The number of nitrogens with one attached hydrogen (secondary N) is 1. The highest BCUT2D eigenvalue weighted by molar-refractivity contribution is 6.17. The highest BCUT2D eigenvalue weighted by Gasteiger charge is 2.28. The van der Waals surface area contributed by atoms with E-state index in [9.17, 15) is 4.79 Å².